The number of hydrogen-bond acceptors (Lipinski definition) is 4. The van der Waals surface area contributed by atoms with E-state index in [-0.39, 0.29) is 23.4 Å². The summed E-state index contributed by atoms with van der Waals surface area (Å²) in [6.45, 7) is 9.50. The molecule has 4 nitrogen and oxygen atoms in total. The zero-order valence-electron chi connectivity index (χ0n) is 11.0. The molecule has 98 valence electrons. The Hall–Kier alpha value is -0.610. The molecule has 2 rings (SSSR count). The average Bonchev–Trinajstić information content (AvgIpc) is 2.48. The number of halogens is 1. The second-order valence-corrected chi connectivity index (χ2v) is 5.99. The molecule has 1 aliphatic carbocycles. The van der Waals surface area contributed by atoms with Crippen molar-refractivity contribution in [3.05, 3.63) is 11.7 Å². The third-order valence-electron chi connectivity index (χ3n) is 3.12. The molecule has 0 bridgehead atoms. The number of nitrogens with one attached hydrogen (secondary N) is 1. The fraction of sp³-hybridized carbons (Fsp3) is 0.833. The zero-order valence-corrected chi connectivity index (χ0v) is 11.9. The average molecular weight is 260 g/mol. The van der Waals surface area contributed by atoms with Gasteiger partial charge in [0.05, 0.1) is 5.54 Å². The zero-order chi connectivity index (χ0) is 11.8. The highest BCUT2D eigenvalue weighted by molar-refractivity contribution is 5.85. The first-order valence-corrected chi connectivity index (χ1v) is 5.97. The lowest BCUT2D eigenvalue weighted by molar-refractivity contribution is 0.147. The Morgan fingerprint density at radius 3 is 2.35 bits per heavy atom. The van der Waals surface area contributed by atoms with Crippen LogP contribution < -0.4 is 5.32 Å². The predicted molar refractivity (Wildman–Crippen MR) is 69.3 cm³/mol. The van der Waals surface area contributed by atoms with Crippen LogP contribution in [0.4, 0.5) is 0 Å². The molecule has 5 heteroatoms. The number of hydrogen-bond donors (Lipinski definition) is 1. The van der Waals surface area contributed by atoms with Crippen LogP contribution >= 0.6 is 12.4 Å². The van der Waals surface area contributed by atoms with Crippen LogP contribution in [0.15, 0.2) is 4.52 Å². The highest BCUT2D eigenvalue weighted by Gasteiger charge is 2.42. The minimum atomic E-state index is -0.0228. The summed E-state index contributed by atoms with van der Waals surface area (Å²) in [6.07, 6.45) is 3.47. The highest BCUT2D eigenvalue weighted by Crippen LogP contribution is 2.40. The molecule has 0 atom stereocenters. The lowest BCUT2D eigenvalue weighted by Crippen LogP contribution is -2.51. The van der Waals surface area contributed by atoms with Crippen LogP contribution in [-0.4, -0.2) is 16.7 Å². The second kappa shape index (κ2) is 4.94. The quantitative estimate of drug-likeness (QED) is 0.907. The molecular weight excluding hydrogens is 238 g/mol. The van der Waals surface area contributed by atoms with Crippen molar-refractivity contribution in [2.24, 2.45) is 5.41 Å². The molecule has 17 heavy (non-hydrogen) atoms. The van der Waals surface area contributed by atoms with E-state index < -0.39 is 0 Å². The van der Waals surface area contributed by atoms with Crippen LogP contribution in [-0.2, 0) is 5.54 Å². The maximum atomic E-state index is 5.08. The summed E-state index contributed by atoms with van der Waals surface area (Å²) in [5.74, 6) is 1.49. The maximum absolute atomic E-state index is 5.08. The Morgan fingerprint density at radius 1 is 1.35 bits per heavy atom. The van der Waals surface area contributed by atoms with Gasteiger partial charge in [-0.3, -0.25) is 0 Å². The molecule has 1 saturated carbocycles. The summed E-state index contributed by atoms with van der Waals surface area (Å²) in [5, 5.41) is 7.68. The number of rotatable bonds is 3. The first kappa shape index (κ1) is 14.5. The van der Waals surface area contributed by atoms with Gasteiger partial charge in [0.1, 0.15) is 0 Å². The fourth-order valence-corrected chi connectivity index (χ4v) is 1.94. The Balaban J connectivity index is 0.00000144. The van der Waals surface area contributed by atoms with Gasteiger partial charge in [0.15, 0.2) is 5.82 Å². The molecule has 1 aromatic heterocycles. The number of nitrogens with zero attached hydrogens (tertiary/aromatic N) is 2. The molecule has 1 N–H and O–H groups in total. The van der Waals surface area contributed by atoms with Crippen LogP contribution in [0.25, 0.3) is 0 Å². The van der Waals surface area contributed by atoms with Crippen LogP contribution in [0, 0.1) is 12.3 Å². The molecule has 0 spiro atoms. The Kier molecular flexibility index (Phi) is 4.20. The lowest BCUT2D eigenvalue weighted by Gasteiger charge is -2.41. The first-order valence-electron chi connectivity index (χ1n) is 5.97. The van der Waals surface area contributed by atoms with Gasteiger partial charge >= 0.3 is 0 Å². The van der Waals surface area contributed by atoms with Gasteiger partial charge < -0.3 is 9.84 Å². The van der Waals surface area contributed by atoms with E-state index in [1.807, 2.05) is 6.92 Å². The molecule has 0 unspecified atom stereocenters. The van der Waals surface area contributed by atoms with E-state index in [4.69, 9.17) is 4.52 Å². The monoisotopic (exact) mass is 259 g/mol. The van der Waals surface area contributed by atoms with Crippen molar-refractivity contribution in [1.82, 2.24) is 15.5 Å². The van der Waals surface area contributed by atoms with E-state index in [9.17, 15) is 0 Å². The van der Waals surface area contributed by atoms with Crippen LogP contribution in [0.5, 0.6) is 0 Å². The van der Waals surface area contributed by atoms with Crippen molar-refractivity contribution in [2.45, 2.75) is 52.5 Å². The number of aromatic nitrogens is 2. The van der Waals surface area contributed by atoms with Crippen LogP contribution in [0.1, 0.15) is 51.7 Å². The maximum Gasteiger partial charge on any atom is 0.223 e. The first-order chi connectivity index (χ1) is 7.41. The van der Waals surface area contributed by atoms with Crippen molar-refractivity contribution in [3.63, 3.8) is 0 Å². The van der Waals surface area contributed by atoms with Gasteiger partial charge in [0, 0.05) is 13.5 Å². The Morgan fingerprint density at radius 2 is 2.00 bits per heavy atom. The van der Waals surface area contributed by atoms with Crippen molar-refractivity contribution in [1.29, 1.82) is 0 Å². The smallest absolute Gasteiger partial charge is 0.223 e. The third-order valence-corrected chi connectivity index (χ3v) is 3.12. The van der Waals surface area contributed by atoms with E-state index in [0.29, 0.717) is 5.89 Å². The predicted octanol–water partition coefficient (Wildman–Crippen LogP) is 2.81. The summed E-state index contributed by atoms with van der Waals surface area (Å²) in [4.78, 5) is 4.37. The van der Waals surface area contributed by atoms with E-state index in [1.165, 1.54) is 6.42 Å². The molecule has 0 aromatic carbocycles. The molecule has 0 amide bonds. The normalized spacial score (nSPS) is 18.4. The molecule has 0 saturated heterocycles. The van der Waals surface area contributed by atoms with Gasteiger partial charge in [-0.2, -0.15) is 4.98 Å². The summed E-state index contributed by atoms with van der Waals surface area (Å²) in [6, 6.07) is 0. The Bertz CT molecular complexity index is 366. The van der Waals surface area contributed by atoms with Crippen molar-refractivity contribution >= 4 is 12.4 Å². The highest BCUT2D eigenvalue weighted by atomic mass is 35.5. The molecule has 0 aliphatic heterocycles. The lowest BCUT2D eigenvalue weighted by atomic mass is 9.75. The van der Waals surface area contributed by atoms with Crippen LogP contribution in [0.3, 0.4) is 0 Å². The van der Waals surface area contributed by atoms with Crippen molar-refractivity contribution < 1.29 is 4.52 Å². The molecule has 0 radical (unpaired) electrons. The van der Waals surface area contributed by atoms with Gasteiger partial charge in [0.2, 0.25) is 5.89 Å². The van der Waals surface area contributed by atoms with Gasteiger partial charge in [-0.15, -0.1) is 12.4 Å². The van der Waals surface area contributed by atoms with Crippen molar-refractivity contribution in [2.75, 3.05) is 6.54 Å². The van der Waals surface area contributed by atoms with Crippen molar-refractivity contribution in [3.8, 4) is 0 Å². The SMILES string of the molecule is Cc1nc(C2(NCC(C)(C)C)CCC2)no1.Cl. The fourth-order valence-electron chi connectivity index (χ4n) is 1.94. The third kappa shape index (κ3) is 3.19. The van der Waals surface area contributed by atoms with Gasteiger partial charge in [-0.1, -0.05) is 25.9 Å². The van der Waals surface area contributed by atoms with Gasteiger partial charge in [-0.25, -0.2) is 0 Å². The minimum Gasteiger partial charge on any atom is -0.340 e. The summed E-state index contributed by atoms with van der Waals surface area (Å²) >= 11 is 0. The topological polar surface area (TPSA) is 51.0 Å². The second-order valence-electron chi connectivity index (χ2n) is 5.99. The van der Waals surface area contributed by atoms with Gasteiger partial charge in [0.25, 0.3) is 0 Å². The number of aryl methyl sites for hydroxylation is 1. The molecule has 1 fully saturated rings. The molecule has 1 aliphatic rings. The summed E-state index contributed by atoms with van der Waals surface area (Å²) in [5.41, 5.74) is 0.256. The van der Waals surface area contributed by atoms with E-state index >= 15 is 0 Å². The summed E-state index contributed by atoms with van der Waals surface area (Å²) in [7, 11) is 0. The van der Waals surface area contributed by atoms with Gasteiger partial charge in [-0.05, 0) is 24.7 Å². The minimum absolute atomic E-state index is 0. The van der Waals surface area contributed by atoms with E-state index in [0.717, 1.165) is 25.2 Å². The Labute approximate surface area is 109 Å². The molecular formula is C12H22ClN3O. The summed E-state index contributed by atoms with van der Waals surface area (Å²) < 4.78 is 5.08. The van der Waals surface area contributed by atoms with E-state index in [2.05, 4.69) is 36.2 Å². The standard InChI is InChI=1S/C12H21N3O.ClH/c1-9-14-10(15-16-9)12(6-5-7-12)13-8-11(2,3)4;/h13H,5-8H2,1-4H3;1H. The van der Waals surface area contributed by atoms with E-state index in [1.54, 1.807) is 0 Å². The largest absolute Gasteiger partial charge is 0.340 e. The molecule has 1 heterocycles. The molecule has 1 aromatic rings. The van der Waals surface area contributed by atoms with Crippen LogP contribution in [0.2, 0.25) is 0 Å².